The average Bonchev–Trinajstić information content (AvgIpc) is 2.70. The van der Waals surface area contributed by atoms with Gasteiger partial charge in [-0.2, -0.15) is 0 Å². The van der Waals surface area contributed by atoms with Crippen LogP contribution >= 0.6 is 0 Å². The molecule has 7 heteroatoms. The molecule has 2 aromatic rings. The minimum atomic E-state index is -0.381. The summed E-state index contributed by atoms with van der Waals surface area (Å²) < 4.78 is 10.4. The van der Waals surface area contributed by atoms with E-state index in [2.05, 4.69) is 15.6 Å². The number of esters is 1. The van der Waals surface area contributed by atoms with Crippen molar-refractivity contribution >= 4 is 29.1 Å². The number of nitrogens with one attached hydrogen (secondary N) is 2. The van der Waals surface area contributed by atoms with Gasteiger partial charge in [-0.1, -0.05) is 12.1 Å². The lowest BCUT2D eigenvalue weighted by Crippen LogP contribution is -2.28. The Hall–Kier alpha value is -2.93. The van der Waals surface area contributed by atoms with Crippen LogP contribution in [0.2, 0.25) is 0 Å². The smallest absolute Gasteiger partial charge is 0.340 e. The second-order valence-corrected chi connectivity index (χ2v) is 6.20. The Bertz CT molecular complexity index is 786. The Labute approximate surface area is 158 Å². The summed E-state index contributed by atoms with van der Waals surface area (Å²) in [5.74, 6) is 0.0543. The van der Waals surface area contributed by atoms with Crippen LogP contribution in [0.25, 0.3) is 0 Å². The molecule has 0 saturated carbocycles. The summed E-state index contributed by atoms with van der Waals surface area (Å²) in [6.07, 6.45) is 3.08. The molecule has 0 unspecified atom stereocenters. The maximum Gasteiger partial charge on any atom is 0.340 e. The van der Waals surface area contributed by atoms with E-state index < -0.39 is 0 Å². The average molecular weight is 369 g/mol. The second-order valence-electron chi connectivity index (χ2n) is 6.20. The molecular weight excluding hydrogens is 346 g/mol. The lowest BCUT2D eigenvalue weighted by molar-refractivity contribution is -0.122. The molecule has 0 spiro atoms. The highest BCUT2D eigenvalue weighted by Gasteiger charge is 2.21. The van der Waals surface area contributed by atoms with Crippen LogP contribution in [0.15, 0.2) is 42.6 Å². The van der Waals surface area contributed by atoms with E-state index in [9.17, 15) is 9.59 Å². The van der Waals surface area contributed by atoms with Crippen molar-refractivity contribution in [1.82, 2.24) is 4.98 Å². The summed E-state index contributed by atoms with van der Waals surface area (Å²) in [5, 5.41) is 6.00. The van der Waals surface area contributed by atoms with E-state index in [0.717, 1.165) is 12.8 Å². The van der Waals surface area contributed by atoms with Gasteiger partial charge in [-0.05, 0) is 44.0 Å². The lowest BCUT2D eigenvalue weighted by atomic mass is 9.99. The van der Waals surface area contributed by atoms with Crippen LogP contribution in [0.5, 0.6) is 0 Å². The van der Waals surface area contributed by atoms with Gasteiger partial charge in [-0.25, -0.2) is 9.78 Å². The first-order chi connectivity index (χ1) is 13.2. The van der Waals surface area contributed by atoms with Crippen LogP contribution in [0.4, 0.5) is 17.2 Å². The fraction of sp³-hybridized carbons (Fsp3) is 0.350. The van der Waals surface area contributed by atoms with Gasteiger partial charge in [0.25, 0.3) is 0 Å². The molecule has 0 aliphatic carbocycles. The standard InChI is InChI=1S/C20H23N3O4/c1-2-27-20(25)16-5-3-4-6-17(16)22-15-7-8-18(21-13-15)23-19(24)14-9-11-26-12-10-14/h3-8,13-14,22H,2,9-12H2,1H3,(H,21,23,24). The predicted molar refractivity (Wildman–Crippen MR) is 102 cm³/mol. The van der Waals surface area contributed by atoms with E-state index in [4.69, 9.17) is 9.47 Å². The van der Waals surface area contributed by atoms with Crippen molar-refractivity contribution in [3.8, 4) is 0 Å². The molecule has 142 valence electrons. The first-order valence-electron chi connectivity index (χ1n) is 9.05. The number of pyridine rings is 1. The van der Waals surface area contributed by atoms with Gasteiger partial charge in [-0.3, -0.25) is 4.79 Å². The number of ether oxygens (including phenoxy) is 2. The Kier molecular flexibility index (Phi) is 6.38. The zero-order chi connectivity index (χ0) is 19.1. The first-order valence-corrected chi connectivity index (χ1v) is 9.05. The number of nitrogens with zero attached hydrogens (tertiary/aromatic N) is 1. The number of hydrogen-bond acceptors (Lipinski definition) is 6. The maximum atomic E-state index is 12.3. The minimum Gasteiger partial charge on any atom is -0.462 e. The normalized spacial score (nSPS) is 14.4. The Morgan fingerprint density at radius 2 is 1.96 bits per heavy atom. The van der Waals surface area contributed by atoms with Gasteiger partial charge < -0.3 is 20.1 Å². The summed E-state index contributed by atoms with van der Waals surface area (Å²) in [7, 11) is 0. The van der Waals surface area contributed by atoms with Crippen LogP contribution in [0, 0.1) is 5.92 Å². The molecule has 1 aliphatic rings. The van der Waals surface area contributed by atoms with Gasteiger partial charge in [0.15, 0.2) is 0 Å². The van der Waals surface area contributed by atoms with E-state index in [1.807, 2.05) is 6.07 Å². The summed E-state index contributed by atoms with van der Waals surface area (Å²) in [6.45, 7) is 3.32. The summed E-state index contributed by atoms with van der Waals surface area (Å²) in [4.78, 5) is 28.6. The highest BCUT2D eigenvalue weighted by Crippen LogP contribution is 2.22. The molecule has 1 aromatic carbocycles. The van der Waals surface area contributed by atoms with Crippen molar-refractivity contribution in [2.24, 2.45) is 5.92 Å². The number of para-hydroxylation sites is 1. The number of amides is 1. The zero-order valence-corrected chi connectivity index (χ0v) is 15.2. The molecular formula is C20H23N3O4. The summed E-state index contributed by atoms with van der Waals surface area (Å²) in [6, 6.07) is 10.6. The van der Waals surface area contributed by atoms with Crippen LogP contribution in [0.3, 0.4) is 0 Å². The largest absolute Gasteiger partial charge is 0.462 e. The third kappa shape index (κ3) is 5.04. The summed E-state index contributed by atoms with van der Waals surface area (Å²) in [5.41, 5.74) is 1.80. The van der Waals surface area contributed by atoms with Crippen LogP contribution < -0.4 is 10.6 Å². The Morgan fingerprint density at radius 3 is 2.67 bits per heavy atom. The lowest BCUT2D eigenvalue weighted by Gasteiger charge is -2.21. The molecule has 27 heavy (non-hydrogen) atoms. The molecule has 2 N–H and O–H groups in total. The van der Waals surface area contributed by atoms with Crippen molar-refractivity contribution in [2.75, 3.05) is 30.5 Å². The summed E-state index contributed by atoms with van der Waals surface area (Å²) >= 11 is 0. The molecule has 0 radical (unpaired) electrons. The molecule has 2 heterocycles. The fourth-order valence-electron chi connectivity index (χ4n) is 2.86. The van der Waals surface area contributed by atoms with E-state index >= 15 is 0 Å². The van der Waals surface area contributed by atoms with Crippen LogP contribution in [-0.2, 0) is 14.3 Å². The van der Waals surface area contributed by atoms with Crippen molar-refractivity contribution in [3.63, 3.8) is 0 Å². The topological polar surface area (TPSA) is 89.6 Å². The van der Waals surface area contributed by atoms with Gasteiger partial charge in [0.2, 0.25) is 5.91 Å². The molecule has 0 atom stereocenters. The van der Waals surface area contributed by atoms with E-state index in [0.29, 0.717) is 42.6 Å². The number of hydrogen-bond donors (Lipinski definition) is 2. The number of benzene rings is 1. The molecule has 1 amide bonds. The monoisotopic (exact) mass is 369 g/mol. The van der Waals surface area contributed by atoms with Crippen molar-refractivity contribution in [3.05, 3.63) is 48.2 Å². The van der Waals surface area contributed by atoms with Crippen molar-refractivity contribution in [1.29, 1.82) is 0 Å². The molecule has 1 fully saturated rings. The highest BCUT2D eigenvalue weighted by atomic mass is 16.5. The number of carbonyl (C=O) groups is 2. The van der Waals surface area contributed by atoms with Gasteiger partial charge >= 0.3 is 5.97 Å². The van der Waals surface area contributed by atoms with Crippen molar-refractivity contribution < 1.29 is 19.1 Å². The molecule has 1 saturated heterocycles. The zero-order valence-electron chi connectivity index (χ0n) is 15.2. The number of anilines is 3. The maximum absolute atomic E-state index is 12.3. The van der Waals surface area contributed by atoms with E-state index in [-0.39, 0.29) is 17.8 Å². The van der Waals surface area contributed by atoms with Gasteiger partial charge in [0.1, 0.15) is 5.82 Å². The third-order valence-corrected chi connectivity index (χ3v) is 4.31. The van der Waals surface area contributed by atoms with Gasteiger partial charge in [0, 0.05) is 19.1 Å². The highest BCUT2D eigenvalue weighted by molar-refractivity contribution is 5.96. The molecule has 7 nitrogen and oxygen atoms in total. The molecule has 3 rings (SSSR count). The molecule has 0 bridgehead atoms. The molecule has 1 aromatic heterocycles. The Balaban J connectivity index is 1.64. The number of aromatic nitrogens is 1. The van der Waals surface area contributed by atoms with Gasteiger partial charge in [0.05, 0.1) is 29.7 Å². The number of rotatable bonds is 6. The van der Waals surface area contributed by atoms with Crippen LogP contribution in [-0.4, -0.2) is 36.7 Å². The van der Waals surface area contributed by atoms with Gasteiger partial charge in [-0.15, -0.1) is 0 Å². The number of carbonyl (C=O) groups excluding carboxylic acids is 2. The van der Waals surface area contributed by atoms with E-state index in [1.54, 1.807) is 43.5 Å². The van der Waals surface area contributed by atoms with Crippen LogP contribution in [0.1, 0.15) is 30.1 Å². The minimum absolute atomic E-state index is 0.0286. The Morgan fingerprint density at radius 1 is 1.19 bits per heavy atom. The third-order valence-electron chi connectivity index (χ3n) is 4.31. The van der Waals surface area contributed by atoms with E-state index in [1.165, 1.54) is 0 Å². The second kappa shape index (κ2) is 9.14. The first kappa shape index (κ1) is 18.8. The predicted octanol–water partition coefficient (Wildman–Crippen LogP) is 3.37. The molecule has 1 aliphatic heterocycles. The fourth-order valence-corrected chi connectivity index (χ4v) is 2.86. The quantitative estimate of drug-likeness (QED) is 0.759. The SMILES string of the molecule is CCOC(=O)c1ccccc1Nc1ccc(NC(=O)C2CCOCC2)nc1. The van der Waals surface area contributed by atoms with Crippen molar-refractivity contribution in [2.45, 2.75) is 19.8 Å².